The van der Waals surface area contributed by atoms with Crippen molar-refractivity contribution in [2.75, 3.05) is 0 Å². The van der Waals surface area contributed by atoms with E-state index in [1.807, 2.05) is 0 Å². The smallest absolute Gasteiger partial charge is 0.356 e. The standard InChI is InChI=1S/C12H15ClN4O3/c1-12(2,3)20-11(19)9-6(13)4-5-7-8(15-16-14)10(18)17(7)9/h7-8H,4-5H2,1-3H3/t7-,8-/m1/s1. The van der Waals surface area contributed by atoms with Crippen molar-refractivity contribution >= 4 is 23.5 Å². The highest BCUT2D eigenvalue weighted by molar-refractivity contribution is 6.32. The summed E-state index contributed by atoms with van der Waals surface area (Å²) >= 11 is 6.07. The van der Waals surface area contributed by atoms with Crippen LogP contribution in [0.2, 0.25) is 0 Å². The summed E-state index contributed by atoms with van der Waals surface area (Å²) in [6.07, 6.45) is 1.03. The Kier molecular flexibility index (Phi) is 3.67. The second-order valence-electron chi connectivity index (χ2n) is 5.72. The van der Waals surface area contributed by atoms with Gasteiger partial charge >= 0.3 is 5.97 Å². The second kappa shape index (κ2) is 5.00. The molecule has 2 heterocycles. The van der Waals surface area contributed by atoms with E-state index in [0.29, 0.717) is 17.9 Å². The summed E-state index contributed by atoms with van der Waals surface area (Å²) in [5.74, 6) is -1.04. The third-order valence-corrected chi connectivity index (χ3v) is 3.48. The maximum absolute atomic E-state index is 12.2. The molecule has 0 aromatic heterocycles. The molecule has 0 aromatic rings. The van der Waals surface area contributed by atoms with E-state index >= 15 is 0 Å². The van der Waals surface area contributed by atoms with E-state index in [0.717, 1.165) is 0 Å². The van der Waals surface area contributed by atoms with Gasteiger partial charge in [-0.2, -0.15) is 0 Å². The van der Waals surface area contributed by atoms with Gasteiger partial charge in [0.1, 0.15) is 17.3 Å². The number of azide groups is 1. The van der Waals surface area contributed by atoms with Gasteiger partial charge in [-0.1, -0.05) is 16.7 Å². The van der Waals surface area contributed by atoms with Gasteiger partial charge in [0.15, 0.2) is 0 Å². The normalized spacial score (nSPS) is 25.6. The van der Waals surface area contributed by atoms with Crippen molar-refractivity contribution in [3.63, 3.8) is 0 Å². The van der Waals surface area contributed by atoms with E-state index in [9.17, 15) is 9.59 Å². The van der Waals surface area contributed by atoms with E-state index in [1.165, 1.54) is 4.90 Å². The van der Waals surface area contributed by atoms with E-state index in [-0.39, 0.29) is 11.7 Å². The van der Waals surface area contributed by atoms with Gasteiger partial charge in [-0.3, -0.25) is 4.79 Å². The van der Waals surface area contributed by atoms with E-state index < -0.39 is 23.5 Å². The molecule has 1 saturated heterocycles. The first-order chi connectivity index (χ1) is 9.26. The molecule has 0 radical (unpaired) electrons. The van der Waals surface area contributed by atoms with Gasteiger partial charge in [-0.05, 0) is 39.1 Å². The minimum absolute atomic E-state index is 0.0761. The molecule has 7 nitrogen and oxygen atoms in total. The van der Waals surface area contributed by atoms with Crippen LogP contribution in [0.3, 0.4) is 0 Å². The highest BCUT2D eigenvalue weighted by Crippen LogP contribution is 2.40. The van der Waals surface area contributed by atoms with Crippen LogP contribution >= 0.6 is 11.6 Å². The molecule has 0 saturated carbocycles. The van der Waals surface area contributed by atoms with Crippen LogP contribution in [0.5, 0.6) is 0 Å². The van der Waals surface area contributed by atoms with Crippen LogP contribution in [-0.4, -0.2) is 34.5 Å². The Bertz CT molecular complexity index is 545. The summed E-state index contributed by atoms with van der Waals surface area (Å²) in [6.45, 7) is 5.21. The molecule has 0 aliphatic carbocycles. The molecule has 1 amide bonds. The van der Waals surface area contributed by atoms with Crippen molar-refractivity contribution in [2.24, 2.45) is 5.11 Å². The lowest BCUT2D eigenvalue weighted by Gasteiger charge is -2.48. The molecule has 0 unspecified atom stereocenters. The van der Waals surface area contributed by atoms with Gasteiger partial charge in [-0.15, -0.1) is 0 Å². The lowest BCUT2D eigenvalue weighted by atomic mass is 9.87. The van der Waals surface area contributed by atoms with E-state index in [1.54, 1.807) is 20.8 Å². The van der Waals surface area contributed by atoms with Gasteiger partial charge < -0.3 is 9.64 Å². The zero-order chi connectivity index (χ0) is 15.1. The molecular formula is C12H15ClN4O3. The molecule has 2 aliphatic heterocycles. The van der Waals surface area contributed by atoms with Gasteiger partial charge in [0.2, 0.25) is 5.91 Å². The molecule has 8 heteroatoms. The number of carbonyl (C=O) groups is 2. The number of hydrogen-bond acceptors (Lipinski definition) is 4. The predicted molar refractivity (Wildman–Crippen MR) is 71.5 cm³/mol. The molecule has 2 atom stereocenters. The molecule has 20 heavy (non-hydrogen) atoms. The quantitative estimate of drug-likeness (QED) is 0.257. The number of ether oxygens (including phenoxy) is 1. The Balaban J connectivity index is 2.26. The maximum atomic E-state index is 12.2. The zero-order valence-electron chi connectivity index (χ0n) is 11.5. The number of hydrogen-bond donors (Lipinski definition) is 0. The summed E-state index contributed by atoms with van der Waals surface area (Å²) in [7, 11) is 0. The minimum atomic E-state index is -0.748. The SMILES string of the molecule is CC(C)(C)OC(=O)C1=C(Cl)CC[C@@H]2[C@@H](N=[N+]=[N-])C(=O)N12. The number of nitrogens with zero attached hydrogens (tertiary/aromatic N) is 4. The topological polar surface area (TPSA) is 95.4 Å². The van der Waals surface area contributed by atoms with Crippen LogP contribution < -0.4 is 0 Å². The number of amides is 1. The highest BCUT2D eigenvalue weighted by Gasteiger charge is 2.52. The Morgan fingerprint density at radius 1 is 1.55 bits per heavy atom. The summed E-state index contributed by atoms with van der Waals surface area (Å²) in [5.41, 5.74) is 7.85. The molecule has 1 fully saturated rings. The number of fused-ring (bicyclic) bond motifs is 1. The molecule has 0 bridgehead atoms. The van der Waals surface area contributed by atoms with Crippen LogP contribution in [0.1, 0.15) is 33.6 Å². The average molecular weight is 299 g/mol. The Morgan fingerprint density at radius 2 is 2.20 bits per heavy atom. The first kappa shape index (κ1) is 14.7. The molecule has 108 valence electrons. The summed E-state index contributed by atoms with van der Waals surface area (Å²) in [6, 6.07) is -1.05. The lowest BCUT2D eigenvalue weighted by molar-refractivity contribution is -0.160. The van der Waals surface area contributed by atoms with Crippen LogP contribution in [-0.2, 0) is 14.3 Å². The van der Waals surface area contributed by atoms with Crippen LogP contribution in [0.4, 0.5) is 0 Å². The van der Waals surface area contributed by atoms with Crippen molar-refractivity contribution in [3.8, 4) is 0 Å². The second-order valence-corrected chi connectivity index (χ2v) is 6.18. The monoisotopic (exact) mass is 298 g/mol. The lowest BCUT2D eigenvalue weighted by Crippen LogP contribution is -2.65. The third kappa shape index (κ3) is 2.46. The van der Waals surface area contributed by atoms with Crippen molar-refractivity contribution in [1.82, 2.24) is 4.90 Å². The highest BCUT2D eigenvalue weighted by atomic mass is 35.5. The first-order valence-electron chi connectivity index (χ1n) is 6.25. The number of allylic oxidation sites excluding steroid dienone is 1. The summed E-state index contributed by atoms with van der Waals surface area (Å²) in [4.78, 5) is 28.1. The number of carbonyl (C=O) groups excluding carboxylic acids is 2. The third-order valence-electron chi connectivity index (χ3n) is 3.11. The van der Waals surface area contributed by atoms with E-state index in [2.05, 4.69) is 10.0 Å². The Labute approximate surface area is 121 Å². The molecule has 0 aromatic carbocycles. The largest absolute Gasteiger partial charge is 0.455 e. The molecular weight excluding hydrogens is 284 g/mol. The van der Waals surface area contributed by atoms with Crippen molar-refractivity contribution in [3.05, 3.63) is 21.2 Å². The Hall–Kier alpha value is -1.72. The number of β-lactam (4-membered cyclic amide) rings is 1. The molecule has 0 spiro atoms. The zero-order valence-corrected chi connectivity index (χ0v) is 12.2. The van der Waals surface area contributed by atoms with E-state index in [4.69, 9.17) is 21.9 Å². The van der Waals surface area contributed by atoms with Gasteiger partial charge in [0, 0.05) is 9.94 Å². The summed E-state index contributed by atoms with van der Waals surface area (Å²) < 4.78 is 5.27. The van der Waals surface area contributed by atoms with Gasteiger partial charge in [0.05, 0.1) is 6.04 Å². The number of halogens is 1. The predicted octanol–water partition coefficient (Wildman–Crippen LogP) is 2.46. The van der Waals surface area contributed by atoms with Gasteiger partial charge in [-0.25, -0.2) is 4.79 Å². The van der Waals surface area contributed by atoms with Crippen LogP contribution in [0.15, 0.2) is 15.8 Å². The fourth-order valence-electron chi connectivity index (χ4n) is 2.33. The number of rotatable bonds is 2. The van der Waals surface area contributed by atoms with Crippen molar-refractivity contribution in [2.45, 2.75) is 51.3 Å². The van der Waals surface area contributed by atoms with Crippen molar-refractivity contribution < 1.29 is 14.3 Å². The minimum Gasteiger partial charge on any atom is -0.455 e. The fraction of sp³-hybridized carbons (Fsp3) is 0.667. The molecule has 2 rings (SSSR count). The van der Waals surface area contributed by atoms with Gasteiger partial charge in [0.25, 0.3) is 0 Å². The Morgan fingerprint density at radius 3 is 2.75 bits per heavy atom. The maximum Gasteiger partial charge on any atom is 0.356 e. The molecule has 0 N–H and O–H groups in total. The first-order valence-corrected chi connectivity index (χ1v) is 6.63. The van der Waals surface area contributed by atoms with Crippen LogP contribution in [0.25, 0.3) is 10.4 Å². The average Bonchev–Trinajstić information content (AvgIpc) is 2.33. The summed E-state index contributed by atoms with van der Waals surface area (Å²) in [5, 5.41) is 3.77. The number of esters is 1. The molecule has 2 aliphatic rings. The fourth-order valence-corrected chi connectivity index (χ4v) is 2.61. The van der Waals surface area contributed by atoms with Crippen LogP contribution in [0, 0.1) is 0 Å². The van der Waals surface area contributed by atoms with Crippen molar-refractivity contribution in [1.29, 1.82) is 0 Å².